The lowest BCUT2D eigenvalue weighted by Crippen LogP contribution is -2.36. The fraction of sp³-hybridized carbons (Fsp3) is 0.722. The summed E-state index contributed by atoms with van der Waals surface area (Å²) in [5, 5.41) is 6.24. The van der Waals surface area contributed by atoms with Crippen molar-refractivity contribution >= 4 is 17.5 Å². The van der Waals surface area contributed by atoms with Gasteiger partial charge in [-0.05, 0) is 38.5 Å². The number of unbranched alkanes of at least 4 members (excludes halogenated alkanes) is 1. The first-order chi connectivity index (χ1) is 11.7. The van der Waals surface area contributed by atoms with Crippen molar-refractivity contribution in [1.29, 1.82) is 0 Å². The maximum atomic E-state index is 11.9. The molecule has 0 saturated carbocycles. The summed E-state index contributed by atoms with van der Waals surface area (Å²) >= 11 is 0. The highest BCUT2D eigenvalue weighted by molar-refractivity contribution is 5.75. The average Bonchev–Trinajstić information content (AvgIpc) is 2.61. The number of carbonyl (C=O) groups is 1. The van der Waals surface area contributed by atoms with E-state index in [0.717, 1.165) is 63.5 Å². The molecule has 1 aliphatic rings. The number of nitrogens with zero attached hydrogens (tertiary/aromatic N) is 3. The average molecular weight is 333 g/mol. The predicted molar refractivity (Wildman–Crippen MR) is 98.3 cm³/mol. The summed E-state index contributed by atoms with van der Waals surface area (Å²) in [5.74, 6) is 2.61. The van der Waals surface area contributed by atoms with Crippen LogP contribution in [0.15, 0.2) is 12.4 Å². The molecule has 0 aromatic carbocycles. The Labute approximate surface area is 145 Å². The van der Waals surface area contributed by atoms with Gasteiger partial charge in [-0.15, -0.1) is 0 Å². The Kier molecular flexibility index (Phi) is 7.79. The lowest BCUT2D eigenvalue weighted by molar-refractivity contribution is -0.121. The van der Waals surface area contributed by atoms with Crippen molar-refractivity contribution in [3.05, 3.63) is 12.4 Å². The van der Waals surface area contributed by atoms with E-state index < -0.39 is 0 Å². The normalized spacial score (nSPS) is 17.6. The Balaban J connectivity index is 1.81. The smallest absolute Gasteiger partial charge is 0.220 e. The minimum Gasteiger partial charge on any atom is -0.370 e. The van der Waals surface area contributed by atoms with Crippen molar-refractivity contribution in [3.63, 3.8) is 0 Å². The van der Waals surface area contributed by atoms with Gasteiger partial charge in [-0.25, -0.2) is 9.97 Å². The van der Waals surface area contributed by atoms with Gasteiger partial charge in [0, 0.05) is 38.7 Å². The third-order valence-corrected chi connectivity index (χ3v) is 4.49. The van der Waals surface area contributed by atoms with E-state index in [2.05, 4.69) is 39.3 Å². The molecule has 2 N–H and O–H groups in total. The van der Waals surface area contributed by atoms with Gasteiger partial charge in [-0.1, -0.05) is 13.3 Å². The zero-order valence-corrected chi connectivity index (χ0v) is 15.1. The molecule has 24 heavy (non-hydrogen) atoms. The lowest BCUT2D eigenvalue weighted by atomic mass is 9.93. The van der Waals surface area contributed by atoms with E-state index in [1.807, 2.05) is 6.07 Å². The SMILES string of the molecule is CCCCNC(=O)CCC1CCCN(c2cc(NCC)ncn2)C1. The standard InChI is InChI=1S/C18H31N5O/c1-3-5-10-20-18(24)9-8-15-7-6-11-23(13-15)17-12-16(19-4-2)21-14-22-17/h12,14-15H,3-11,13H2,1-2H3,(H,20,24)(H,19,21,22). The van der Waals surface area contributed by atoms with Crippen LogP contribution in [0.3, 0.4) is 0 Å². The van der Waals surface area contributed by atoms with Crippen LogP contribution in [0.5, 0.6) is 0 Å². The first-order valence-electron chi connectivity index (χ1n) is 9.30. The summed E-state index contributed by atoms with van der Waals surface area (Å²) in [6.45, 7) is 7.86. The van der Waals surface area contributed by atoms with Gasteiger partial charge < -0.3 is 15.5 Å². The highest BCUT2D eigenvalue weighted by Crippen LogP contribution is 2.25. The molecule has 6 nitrogen and oxygen atoms in total. The minimum atomic E-state index is 0.192. The maximum absolute atomic E-state index is 11.9. The molecule has 0 radical (unpaired) electrons. The van der Waals surface area contributed by atoms with Crippen molar-refractivity contribution in [2.45, 2.75) is 52.4 Å². The number of carbonyl (C=O) groups excluding carboxylic acids is 1. The third-order valence-electron chi connectivity index (χ3n) is 4.49. The van der Waals surface area contributed by atoms with Gasteiger partial charge in [0.1, 0.15) is 18.0 Å². The Bertz CT molecular complexity index is 508. The molecule has 2 rings (SSSR count). The molecule has 1 fully saturated rings. The zero-order chi connectivity index (χ0) is 17.2. The third kappa shape index (κ3) is 5.98. The van der Waals surface area contributed by atoms with Crippen LogP contribution >= 0.6 is 0 Å². The van der Waals surface area contributed by atoms with Crippen molar-refractivity contribution in [3.8, 4) is 0 Å². The largest absolute Gasteiger partial charge is 0.370 e. The fourth-order valence-electron chi connectivity index (χ4n) is 3.13. The number of anilines is 2. The number of nitrogens with one attached hydrogen (secondary N) is 2. The maximum Gasteiger partial charge on any atom is 0.220 e. The van der Waals surface area contributed by atoms with E-state index >= 15 is 0 Å². The summed E-state index contributed by atoms with van der Waals surface area (Å²) in [4.78, 5) is 22.9. The predicted octanol–water partition coefficient (Wildman–Crippen LogP) is 2.82. The molecule has 1 unspecified atom stereocenters. The number of rotatable bonds is 9. The second-order valence-electron chi connectivity index (χ2n) is 6.49. The number of piperidine rings is 1. The van der Waals surface area contributed by atoms with Crippen LogP contribution in [-0.2, 0) is 4.79 Å². The highest BCUT2D eigenvalue weighted by atomic mass is 16.1. The van der Waals surface area contributed by atoms with E-state index in [-0.39, 0.29) is 5.91 Å². The van der Waals surface area contributed by atoms with Gasteiger partial charge >= 0.3 is 0 Å². The molecule has 0 bridgehead atoms. The van der Waals surface area contributed by atoms with E-state index in [9.17, 15) is 4.79 Å². The van der Waals surface area contributed by atoms with Crippen LogP contribution in [0.1, 0.15) is 52.4 Å². The van der Waals surface area contributed by atoms with Crippen LogP contribution in [0.2, 0.25) is 0 Å². The van der Waals surface area contributed by atoms with Crippen LogP contribution in [0, 0.1) is 5.92 Å². The molecule has 1 aromatic rings. The quantitative estimate of drug-likeness (QED) is 0.680. The molecule has 0 aliphatic carbocycles. The van der Waals surface area contributed by atoms with Gasteiger partial charge in [0.05, 0.1) is 0 Å². The summed E-state index contributed by atoms with van der Waals surface area (Å²) in [7, 11) is 0. The molecular formula is C18H31N5O. The number of hydrogen-bond donors (Lipinski definition) is 2. The van der Waals surface area contributed by atoms with Gasteiger partial charge in [-0.2, -0.15) is 0 Å². The van der Waals surface area contributed by atoms with Crippen LogP contribution < -0.4 is 15.5 Å². The summed E-state index contributed by atoms with van der Waals surface area (Å²) in [5.41, 5.74) is 0. The first kappa shape index (κ1) is 18.5. The van der Waals surface area contributed by atoms with Crippen molar-refractivity contribution < 1.29 is 4.79 Å². The lowest BCUT2D eigenvalue weighted by Gasteiger charge is -2.33. The second-order valence-corrected chi connectivity index (χ2v) is 6.49. The second kappa shape index (κ2) is 10.1. The van der Waals surface area contributed by atoms with Gasteiger partial charge in [0.15, 0.2) is 0 Å². The molecule has 0 spiro atoms. The Morgan fingerprint density at radius 3 is 3.04 bits per heavy atom. The molecule has 1 saturated heterocycles. The molecule has 1 aliphatic heterocycles. The van der Waals surface area contributed by atoms with Crippen LogP contribution in [-0.4, -0.2) is 42.1 Å². The molecule has 1 aromatic heterocycles. The van der Waals surface area contributed by atoms with Gasteiger partial charge in [0.25, 0.3) is 0 Å². The van der Waals surface area contributed by atoms with Gasteiger partial charge in [-0.3, -0.25) is 4.79 Å². The molecule has 134 valence electrons. The molecule has 1 amide bonds. The van der Waals surface area contributed by atoms with Crippen molar-refractivity contribution in [2.75, 3.05) is 36.4 Å². The first-order valence-corrected chi connectivity index (χ1v) is 9.30. The Morgan fingerprint density at radius 1 is 1.38 bits per heavy atom. The molecular weight excluding hydrogens is 302 g/mol. The van der Waals surface area contributed by atoms with E-state index in [0.29, 0.717) is 12.3 Å². The molecule has 6 heteroatoms. The van der Waals surface area contributed by atoms with E-state index in [1.165, 1.54) is 6.42 Å². The van der Waals surface area contributed by atoms with Gasteiger partial charge in [0.2, 0.25) is 5.91 Å². The van der Waals surface area contributed by atoms with Crippen LogP contribution in [0.4, 0.5) is 11.6 Å². The Hall–Kier alpha value is -1.85. The zero-order valence-electron chi connectivity index (χ0n) is 15.1. The summed E-state index contributed by atoms with van der Waals surface area (Å²) in [6, 6.07) is 2.02. The topological polar surface area (TPSA) is 70.2 Å². The van der Waals surface area contributed by atoms with Crippen molar-refractivity contribution in [1.82, 2.24) is 15.3 Å². The molecule has 2 heterocycles. The summed E-state index contributed by atoms with van der Waals surface area (Å²) in [6.07, 6.45) is 7.75. The summed E-state index contributed by atoms with van der Waals surface area (Å²) < 4.78 is 0. The molecule has 1 atom stereocenters. The highest BCUT2D eigenvalue weighted by Gasteiger charge is 2.21. The monoisotopic (exact) mass is 333 g/mol. The van der Waals surface area contributed by atoms with E-state index in [1.54, 1.807) is 6.33 Å². The number of hydrogen-bond acceptors (Lipinski definition) is 5. The van der Waals surface area contributed by atoms with Crippen LogP contribution in [0.25, 0.3) is 0 Å². The minimum absolute atomic E-state index is 0.192. The van der Waals surface area contributed by atoms with E-state index in [4.69, 9.17) is 0 Å². The van der Waals surface area contributed by atoms with Crippen molar-refractivity contribution in [2.24, 2.45) is 5.92 Å². The number of amides is 1. The fourth-order valence-corrected chi connectivity index (χ4v) is 3.13. The number of aromatic nitrogens is 2. The Morgan fingerprint density at radius 2 is 2.25 bits per heavy atom.